The smallest absolute Gasteiger partial charge is 0.268 e. The molecule has 0 saturated carbocycles. The lowest BCUT2D eigenvalue weighted by Gasteiger charge is -2.19. The zero-order chi connectivity index (χ0) is 29.2. The maximum atomic E-state index is 14.5. The summed E-state index contributed by atoms with van der Waals surface area (Å²) in [5, 5.41) is 9.55. The molecular formula is C33H28FN5O2S. The Balaban J connectivity index is 1.32. The van der Waals surface area contributed by atoms with Gasteiger partial charge in [-0.1, -0.05) is 72.8 Å². The topological polar surface area (TPSA) is 81.3 Å². The fourth-order valence-corrected chi connectivity index (χ4v) is 6.11. The summed E-state index contributed by atoms with van der Waals surface area (Å²) in [7, 11) is 0. The van der Waals surface area contributed by atoms with Crippen molar-refractivity contribution in [1.29, 1.82) is 0 Å². The Morgan fingerprint density at radius 3 is 2.40 bits per heavy atom. The third-order valence-electron chi connectivity index (χ3n) is 7.21. The zero-order valence-electron chi connectivity index (χ0n) is 23.1. The molecule has 0 aliphatic rings. The molecule has 1 N–H and O–H groups in total. The fraction of sp³-hybridized carbons (Fsp3) is 0.152. The normalized spacial score (nSPS) is 12.0. The van der Waals surface area contributed by atoms with Crippen LogP contribution in [0.1, 0.15) is 34.3 Å². The average molecular weight is 578 g/mol. The maximum absolute atomic E-state index is 14.5. The Kier molecular flexibility index (Phi) is 7.50. The third-order valence-corrected chi connectivity index (χ3v) is 8.08. The predicted molar refractivity (Wildman–Crippen MR) is 163 cm³/mol. The summed E-state index contributed by atoms with van der Waals surface area (Å²) in [4.78, 5) is 32.5. The lowest BCUT2D eigenvalue weighted by molar-refractivity contribution is -0.121. The molecule has 210 valence electrons. The molecule has 0 saturated heterocycles. The van der Waals surface area contributed by atoms with E-state index in [0.717, 1.165) is 11.1 Å². The second-order valence-corrected chi connectivity index (χ2v) is 11.0. The van der Waals surface area contributed by atoms with Gasteiger partial charge in [0.1, 0.15) is 17.2 Å². The lowest BCUT2D eigenvalue weighted by Crippen LogP contribution is -2.32. The van der Waals surface area contributed by atoms with Gasteiger partial charge in [0.2, 0.25) is 5.91 Å². The number of nitrogens with one attached hydrogen (secondary N) is 1. The van der Waals surface area contributed by atoms with Gasteiger partial charge in [0, 0.05) is 16.8 Å². The number of para-hydroxylation sites is 1. The van der Waals surface area contributed by atoms with E-state index in [1.807, 2.05) is 60.7 Å². The highest BCUT2D eigenvalue weighted by atomic mass is 32.1. The van der Waals surface area contributed by atoms with E-state index in [2.05, 4.69) is 15.4 Å². The van der Waals surface area contributed by atoms with E-state index in [1.165, 1.54) is 26.5 Å². The first-order valence-corrected chi connectivity index (χ1v) is 14.5. The largest absolute Gasteiger partial charge is 0.349 e. The molecule has 6 rings (SSSR count). The van der Waals surface area contributed by atoms with Crippen molar-refractivity contribution in [2.75, 3.05) is 0 Å². The number of carbonyl (C=O) groups is 1. The minimum absolute atomic E-state index is 0.00487. The number of aromatic nitrogens is 4. The first-order chi connectivity index (χ1) is 20.4. The zero-order valence-corrected chi connectivity index (χ0v) is 23.9. The highest BCUT2D eigenvalue weighted by molar-refractivity contribution is 7.15. The SMILES string of the molecule is Cc1nc2scc(CC(=O)NC(Cc3ccccc3)c3ccccc3)n2c(=O)c1-c1cc(C)n(-c2ccccc2F)n1. The molecular weight excluding hydrogens is 549 g/mol. The van der Waals surface area contributed by atoms with Crippen molar-refractivity contribution in [3.63, 3.8) is 0 Å². The number of hydrogen-bond acceptors (Lipinski definition) is 5. The number of carbonyl (C=O) groups excluding carboxylic acids is 1. The van der Waals surface area contributed by atoms with Crippen LogP contribution >= 0.6 is 11.3 Å². The highest BCUT2D eigenvalue weighted by Gasteiger charge is 2.22. The number of aryl methyl sites for hydroxylation is 2. The Bertz CT molecular complexity index is 1950. The highest BCUT2D eigenvalue weighted by Crippen LogP contribution is 2.25. The van der Waals surface area contributed by atoms with Crippen LogP contribution in [0.5, 0.6) is 0 Å². The lowest BCUT2D eigenvalue weighted by atomic mass is 9.98. The molecule has 3 aromatic heterocycles. The summed E-state index contributed by atoms with van der Waals surface area (Å²) < 4.78 is 17.5. The number of fused-ring (bicyclic) bond motifs is 1. The van der Waals surface area contributed by atoms with E-state index in [0.29, 0.717) is 45.4 Å². The van der Waals surface area contributed by atoms with Crippen LogP contribution in [0.4, 0.5) is 4.39 Å². The predicted octanol–water partition coefficient (Wildman–Crippen LogP) is 6.01. The molecule has 3 aromatic carbocycles. The molecule has 0 spiro atoms. The van der Waals surface area contributed by atoms with Crippen LogP contribution in [0.15, 0.2) is 101 Å². The van der Waals surface area contributed by atoms with Crippen LogP contribution < -0.4 is 10.9 Å². The number of rotatable bonds is 8. The number of hydrogen-bond donors (Lipinski definition) is 1. The standard InChI is InChI=1S/C33H28FN5O2S/c1-21-17-28(37-39(21)29-16-10-9-15-26(29)34)31-22(2)35-33-38(32(31)41)25(20-42-33)19-30(40)36-27(24-13-7-4-8-14-24)18-23-11-5-3-6-12-23/h3-17,20,27H,18-19H2,1-2H3,(H,36,40). The van der Waals surface area contributed by atoms with Crippen molar-refractivity contribution in [3.8, 4) is 16.9 Å². The number of thiazole rings is 1. The summed E-state index contributed by atoms with van der Waals surface area (Å²) in [6, 6.07) is 27.7. The van der Waals surface area contributed by atoms with Crippen molar-refractivity contribution < 1.29 is 9.18 Å². The van der Waals surface area contributed by atoms with E-state index in [4.69, 9.17) is 0 Å². The quantitative estimate of drug-likeness (QED) is 0.240. The van der Waals surface area contributed by atoms with Crippen LogP contribution in [-0.4, -0.2) is 25.1 Å². The van der Waals surface area contributed by atoms with Gasteiger partial charge in [0.05, 0.1) is 23.7 Å². The molecule has 6 aromatic rings. The van der Waals surface area contributed by atoms with E-state index in [9.17, 15) is 14.0 Å². The van der Waals surface area contributed by atoms with Crippen molar-refractivity contribution >= 4 is 22.2 Å². The van der Waals surface area contributed by atoms with Crippen molar-refractivity contribution in [1.82, 2.24) is 24.5 Å². The van der Waals surface area contributed by atoms with Crippen LogP contribution in [0.2, 0.25) is 0 Å². The molecule has 3 heterocycles. The molecule has 1 amide bonds. The van der Waals surface area contributed by atoms with Crippen molar-refractivity contribution in [3.05, 3.63) is 141 Å². The molecule has 0 radical (unpaired) electrons. The van der Waals surface area contributed by atoms with Gasteiger partial charge in [-0.2, -0.15) is 5.10 Å². The Labute approximate surface area is 245 Å². The minimum Gasteiger partial charge on any atom is -0.349 e. The van der Waals surface area contributed by atoms with E-state index in [-0.39, 0.29) is 23.9 Å². The average Bonchev–Trinajstić information content (AvgIpc) is 3.56. The maximum Gasteiger partial charge on any atom is 0.268 e. The molecule has 1 unspecified atom stereocenters. The summed E-state index contributed by atoms with van der Waals surface area (Å²) in [6.07, 6.45) is 0.640. The second-order valence-electron chi connectivity index (χ2n) is 10.2. The molecule has 0 aliphatic carbocycles. The molecule has 7 nitrogen and oxygen atoms in total. The summed E-state index contributed by atoms with van der Waals surface area (Å²) >= 11 is 1.31. The molecule has 42 heavy (non-hydrogen) atoms. The van der Waals surface area contributed by atoms with Crippen LogP contribution in [0.25, 0.3) is 21.9 Å². The van der Waals surface area contributed by atoms with Gasteiger partial charge < -0.3 is 5.32 Å². The van der Waals surface area contributed by atoms with Gasteiger partial charge in [-0.3, -0.25) is 14.0 Å². The van der Waals surface area contributed by atoms with Crippen molar-refractivity contribution in [2.45, 2.75) is 32.7 Å². The summed E-state index contributed by atoms with van der Waals surface area (Å²) in [5.74, 6) is -0.613. The Morgan fingerprint density at radius 2 is 1.67 bits per heavy atom. The second kappa shape index (κ2) is 11.5. The summed E-state index contributed by atoms with van der Waals surface area (Å²) in [5.41, 5.74) is 4.54. The number of nitrogens with zero attached hydrogens (tertiary/aromatic N) is 4. The van der Waals surface area contributed by atoms with Crippen LogP contribution in [0, 0.1) is 19.7 Å². The van der Waals surface area contributed by atoms with Gasteiger partial charge in [-0.25, -0.2) is 14.1 Å². The van der Waals surface area contributed by atoms with Gasteiger partial charge in [-0.15, -0.1) is 11.3 Å². The summed E-state index contributed by atoms with van der Waals surface area (Å²) in [6.45, 7) is 3.56. The monoisotopic (exact) mass is 577 g/mol. The van der Waals surface area contributed by atoms with Gasteiger partial charge in [-0.05, 0) is 49.6 Å². The number of amides is 1. The van der Waals surface area contributed by atoms with Crippen LogP contribution in [0.3, 0.4) is 0 Å². The fourth-order valence-electron chi connectivity index (χ4n) is 5.19. The molecule has 9 heteroatoms. The van der Waals surface area contributed by atoms with Gasteiger partial charge in [0.15, 0.2) is 4.96 Å². The van der Waals surface area contributed by atoms with Gasteiger partial charge >= 0.3 is 0 Å². The third kappa shape index (κ3) is 5.38. The van der Waals surface area contributed by atoms with E-state index >= 15 is 0 Å². The number of benzene rings is 3. The Hall–Kier alpha value is -4.89. The molecule has 0 fully saturated rings. The van der Waals surface area contributed by atoms with Crippen LogP contribution in [-0.2, 0) is 17.6 Å². The van der Waals surface area contributed by atoms with Crippen molar-refractivity contribution in [2.24, 2.45) is 0 Å². The van der Waals surface area contributed by atoms with E-state index in [1.54, 1.807) is 43.5 Å². The first kappa shape index (κ1) is 27.3. The molecule has 0 aliphatic heterocycles. The van der Waals surface area contributed by atoms with E-state index < -0.39 is 5.82 Å². The minimum atomic E-state index is -0.413. The molecule has 0 bridgehead atoms. The van der Waals surface area contributed by atoms with Gasteiger partial charge in [0.25, 0.3) is 5.56 Å². The Morgan fingerprint density at radius 1 is 0.976 bits per heavy atom. The first-order valence-electron chi connectivity index (χ1n) is 13.6. The molecule has 1 atom stereocenters. The number of halogens is 1.